The summed E-state index contributed by atoms with van der Waals surface area (Å²) in [5, 5.41) is 41.2. The van der Waals surface area contributed by atoms with Crippen LogP contribution in [0, 0.1) is 0 Å². The molecule has 0 aromatic heterocycles. The normalized spacial score (nSPS) is 15.4. The standard InChI is InChI=1S/C30H48O11/c1-8-21(31)25(40-29(37)19(4)5)17-23(33)26(41-30(38)20(6)7)16-22(32)24(39-28(36)18(2)3)14-12-10-9-11-13-15-27(34)35/h21-26,31-33H,2,4,6,8-17H2,1,3,5,7H3,(H,34,35). The van der Waals surface area contributed by atoms with Gasteiger partial charge in [0.1, 0.15) is 18.3 Å². The zero-order chi connectivity index (χ0) is 31.7. The van der Waals surface area contributed by atoms with Crippen LogP contribution in [0.1, 0.15) is 91.9 Å². The van der Waals surface area contributed by atoms with Gasteiger partial charge in [-0.1, -0.05) is 45.9 Å². The van der Waals surface area contributed by atoms with Crippen LogP contribution < -0.4 is 0 Å². The number of unbranched alkanes of at least 4 members (excludes halogenated alkanes) is 4. The topological polar surface area (TPSA) is 177 Å². The number of esters is 3. The van der Waals surface area contributed by atoms with Crippen LogP contribution in [0.5, 0.6) is 0 Å². The van der Waals surface area contributed by atoms with E-state index in [1.807, 2.05) is 0 Å². The van der Waals surface area contributed by atoms with Gasteiger partial charge in [-0.2, -0.15) is 0 Å². The highest BCUT2D eigenvalue weighted by atomic mass is 16.6. The lowest BCUT2D eigenvalue weighted by Gasteiger charge is -2.31. The number of carbonyl (C=O) groups is 4. The van der Waals surface area contributed by atoms with Crippen molar-refractivity contribution in [3.8, 4) is 0 Å². The van der Waals surface area contributed by atoms with Crippen LogP contribution in [0.4, 0.5) is 0 Å². The van der Waals surface area contributed by atoms with Crippen LogP contribution in [0.2, 0.25) is 0 Å². The van der Waals surface area contributed by atoms with Gasteiger partial charge in [-0.3, -0.25) is 4.79 Å². The Morgan fingerprint density at radius 3 is 1.39 bits per heavy atom. The molecule has 0 aliphatic carbocycles. The monoisotopic (exact) mass is 584 g/mol. The molecular weight excluding hydrogens is 536 g/mol. The second-order valence-corrected chi connectivity index (χ2v) is 10.5. The minimum absolute atomic E-state index is 0.0451. The van der Waals surface area contributed by atoms with Crippen LogP contribution in [-0.2, 0) is 33.4 Å². The predicted molar refractivity (Wildman–Crippen MR) is 152 cm³/mol. The van der Waals surface area contributed by atoms with E-state index in [-0.39, 0.29) is 48.8 Å². The average Bonchev–Trinajstić information content (AvgIpc) is 2.89. The number of rotatable bonds is 22. The zero-order valence-corrected chi connectivity index (χ0v) is 24.8. The maximum absolute atomic E-state index is 12.4. The third kappa shape index (κ3) is 16.1. The fourth-order valence-electron chi connectivity index (χ4n) is 3.81. The smallest absolute Gasteiger partial charge is 0.333 e. The molecule has 0 heterocycles. The summed E-state index contributed by atoms with van der Waals surface area (Å²) in [5.41, 5.74) is 0.262. The summed E-state index contributed by atoms with van der Waals surface area (Å²) in [5.74, 6) is -3.16. The van der Waals surface area contributed by atoms with Gasteiger partial charge >= 0.3 is 23.9 Å². The summed E-state index contributed by atoms with van der Waals surface area (Å²) >= 11 is 0. The van der Waals surface area contributed by atoms with Gasteiger partial charge in [-0.05, 0) is 46.5 Å². The van der Waals surface area contributed by atoms with E-state index in [0.717, 1.165) is 12.8 Å². The van der Waals surface area contributed by atoms with E-state index in [4.69, 9.17) is 19.3 Å². The highest BCUT2D eigenvalue weighted by Crippen LogP contribution is 2.23. The quantitative estimate of drug-likeness (QED) is 0.0633. The first kappa shape index (κ1) is 38.0. The fraction of sp³-hybridized carbons (Fsp3) is 0.667. The van der Waals surface area contributed by atoms with Crippen LogP contribution >= 0.6 is 0 Å². The number of carboxylic acid groups (broad SMARTS) is 1. The van der Waals surface area contributed by atoms with Gasteiger partial charge in [-0.15, -0.1) is 0 Å². The first-order valence-electron chi connectivity index (χ1n) is 14.0. The van der Waals surface area contributed by atoms with E-state index in [2.05, 4.69) is 19.7 Å². The second-order valence-electron chi connectivity index (χ2n) is 10.5. The van der Waals surface area contributed by atoms with Gasteiger partial charge < -0.3 is 34.6 Å². The number of ether oxygens (including phenoxy) is 3. The minimum Gasteiger partial charge on any atom is -0.481 e. The van der Waals surface area contributed by atoms with Crippen LogP contribution in [0.3, 0.4) is 0 Å². The van der Waals surface area contributed by atoms with E-state index in [9.17, 15) is 34.5 Å². The summed E-state index contributed by atoms with van der Waals surface area (Å²) in [4.78, 5) is 47.4. The molecule has 0 radical (unpaired) electrons. The fourth-order valence-corrected chi connectivity index (χ4v) is 3.81. The summed E-state index contributed by atoms with van der Waals surface area (Å²) in [6.45, 7) is 16.6. The van der Waals surface area contributed by atoms with Crippen molar-refractivity contribution in [1.29, 1.82) is 0 Å². The Labute approximate surface area is 242 Å². The third-order valence-electron chi connectivity index (χ3n) is 6.35. The van der Waals surface area contributed by atoms with Gasteiger partial charge in [0.25, 0.3) is 0 Å². The molecule has 6 atom stereocenters. The SMILES string of the molecule is C=C(C)C(=O)OC(CCCCCCCC(=O)O)C(O)CC(OC(=O)C(=C)C)C(O)CC(OC(=O)C(=C)C)C(O)CC. The Morgan fingerprint density at radius 1 is 0.610 bits per heavy atom. The van der Waals surface area contributed by atoms with Crippen LogP contribution in [0.15, 0.2) is 36.5 Å². The van der Waals surface area contributed by atoms with Crippen molar-refractivity contribution in [2.24, 2.45) is 0 Å². The molecule has 0 aliphatic heterocycles. The maximum atomic E-state index is 12.4. The number of hydrogen-bond acceptors (Lipinski definition) is 10. The Morgan fingerprint density at radius 2 is 0.976 bits per heavy atom. The average molecular weight is 585 g/mol. The number of hydrogen-bond donors (Lipinski definition) is 4. The number of aliphatic carboxylic acids is 1. The second kappa shape index (κ2) is 20.0. The van der Waals surface area contributed by atoms with Crippen molar-refractivity contribution in [2.45, 2.75) is 129 Å². The van der Waals surface area contributed by atoms with Crippen molar-refractivity contribution in [1.82, 2.24) is 0 Å². The molecule has 0 saturated carbocycles. The molecule has 234 valence electrons. The van der Waals surface area contributed by atoms with Crippen molar-refractivity contribution < 1.29 is 53.8 Å². The predicted octanol–water partition coefficient (Wildman–Crippen LogP) is 3.54. The third-order valence-corrected chi connectivity index (χ3v) is 6.35. The summed E-state index contributed by atoms with van der Waals surface area (Å²) in [6, 6.07) is 0. The number of aliphatic hydroxyl groups is 3. The molecule has 0 rings (SSSR count). The van der Waals surface area contributed by atoms with Crippen LogP contribution in [-0.4, -0.2) is 80.9 Å². The van der Waals surface area contributed by atoms with Gasteiger partial charge in [0.15, 0.2) is 0 Å². The van der Waals surface area contributed by atoms with E-state index >= 15 is 0 Å². The lowest BCUT2D eigenvalue weighted by atomic mass is 9.94. The van der Waals surface area contributed by atoms with Crippen molar-refractivity contribution >= 4 is 23.9 Å². The Hall–Kier alpha value is -3.02. The van der Waals surface area contributed by atoms with Crippen molar-refractivity contribution in [3.63, 3.8) is 0 Å². The van der Waals surface area contributed by atoms with Gasteiger partial charge in [0.2, 0.25) is 0 Å². The molecule has 0 bridgehead atoms. The Bertz CT molecular complexity index is 910. The first-order valence-corrected chi connectivity index (χ1v) is 14.0. The molecule has 0 aromatic rings. The molecule has 11 nitrogen and oxygen atoms in total. The van der Waals surface area contributed by atoms with Gasteiger partial charge in [-0.25, -0.2) is 14.4 Å². The van der Waals surface area contributed by atoms with E-state index in [1.54, 1.807) is 6.92 Å². The summed E-state index contributed by atoms with van der Waals surface area (Å²) in [6.07, 6.45) is -4.30. The first-order chi connectivity index (χ1) is 19.1. The summed E-state index contributed by atoms with van der Waals surface area (Å²) in [7, 11) is 0. The summed E-state index contributed by atoms with van der Waals surface area (Å²) < 4.78 is 16.2. The number of aliphatic hydroxyl groups excluding tert-OH is 3. The van der Waals surface area contributed by atoms with Gasteiger partial charge in [0.05, 0.1) is 18.3 Å². The molecule has 41 heavy (non-hydrogen) atoms. The Balaban J connectivity index is 5.70. The van der Waals surface area contributed by atoms with Crippen LogP contribution in [0.25, 0.3) is 0 Å². The molecule has 0 saturated heterocycles. The van der Waals surface area contributed by atoms with E-state index in [0.29, 0.717) is 19.3 Å². The maximum Gasteiger partial charge on any atom is 0.333 e. The highest BCUT2D eigenvalue weighted by Gasteiger charge is 2.35. The lowest BCUT2D eigenvalue weighted by molar-refractivity contribution is -0.166. The van der Waals surface area contributed by atoms with Crippen molar-refractivity contribution in [2.75, 3.05) is 0 Å². The van der Waals surface area contributed by atoms with Crippen molar-refractivity contribution in [3.05, 3.63) is 36.5 Å². The van der Waals surface area contributed by atoms with Gasteiger partial charge in [0, 0.05) is 36.0 Å². The zero-order valence-electron chi connectivity index (χ0n) is 24.8. The molecule has 4 N–H and O–H groups in total. The molecule has 0 amide bonds. The number of carboxylic acids is 1. The van der Waals surface area contributed by atoms with E-state index < -0.39 is 60.5 Å². The molecule has 11 heteroatoms. The number of carbonyl (C=O) groups excluding carboxylic acids is 3. The molecular formula is C30H48O11. The molecule has 0 fully saturated rings. The van der Waals surface area contributed by atoms with E-state index in [1.165, 1.54) is 20.8 Å². The molecule has 0 aliphatic rings. The lowest BCUT2D eigenvalue weighted by Crippen LogP contribution is -2.43. The molecule has 0 aromatic carbocycles. The minimum atomic E-state index is -1.48. The Kier molecular flexibility index (Phi) is 18.5. The molecule has 6 unspecified atom stereocenters. The highest BCUT2D eigenvalue weighted by molar-refractivity contribution is 5.88. The largest absolute Gasteiger partial charge is 0.481 e. The molecule has 0 spiro atoms.